The molecule has 0 aromatic heterocycles. The maximum absolute atomic E-state index is 13.3. The van der Waals surface area contributed by atoms with Gasteiger partial charge in [-0.15, -0.1) is 35.5 Å². The number of nitrogens with zero attached hydrogens (tertiary/aromatic N) is 2. The molecule has 561 valence electrons. The van der Waals surface area contributed by atoms with Crippen molar-refractivity contribution in [1.82, 2.24) is 5.06 Å². The van der Waals surface area contributed by atoms with E-state index in [4.69, 9.17) is 20.0 Å². The molecule has 103 heavy (non-hydrogen) atoms. The van der Waals surface area contributed by atoms with Gasteiger partial charge in [-0.2, -0.15) is 32.0 Å². The molecule has 5 saturated carbocycles. The van der Waals surface area contributed by atoms with Crippen molar-refractivity contribution < 1.29 is 101 Å². The third-order valence-electron chi connectivity index (χ3n) is 15.6. The second kappa shape index (κ2) is 64.8. The minimum Gasteiger partial charge on any atom is -1.00 e. The fourth-order valence-corrected chi connectivity index (χ4v) is 13.4. The summed E-state index contributed by atoms with van der Waals surface area (Å²) < 4.78 is 42.2. The summed E-state index contributed by atoms with van der Waals surface area (Å²) >= 11 is 0. The van der Waals surface area contributed by atoms with E-state index in [0.29, 0.717) is 62.0 Å². The van der Waals surface area contributed by atoms with Crippen LogP contribution in [0.1, 0.15) is 170 Å². The number of benzene rings is 5. The minimum absolute atomic E-state index is 0. The molecule has 5 aromatic carbocycles. The van der Waals surface area contributed by atoms with Crippen LogP contribution in [0.4, 0.5) is 20.2 Å². The van der Waals surface area contributed by atoms with Crippen LogP contribution in [-0.4, -0.2) is 157 Å². The molecule has 0 saturated heterocycles. The molecule has 24 heteroatoms. The van der Waals surface area contributed by atoms with Crippen molar-refractivity contribution in [3.63, 3.8) is 0 Å². The number of ketones is 2. The number of anilines is 2. The van der Waals surface area contributed by atoms with Gasteiger partial charge < -0.3 is 51.0 Å². The summed E-state index contributed by atoms with van der Waals surface area (Å²) in [7, 11) is 5.32. The first kappa shape index (κ1) is 111. The quantitative estimate of drug-likeness (QED) is 0.00676. The number of Topliss-reactive ketones (excluding diaryl/α,β-unsaturated/α-hetero) is 2. The number of carbonyl (C=O) groups is 6. The smallest absolute Gasteiger partial charge is 1.00 e. The zero-order valence-corrected chi connectivity index (χ0v) is 74.2. The second-order valence-electron chi connectivity index (χ2n) is 25.2. The van der Waals surface area contributed by atoms with Gasteiger partial charge in [0.25, 0.3) is 0 Å². The SMILES string of the molecule is Br.CCCC(=O)C=P(c1ccccc1)(c1ccccc1)c1ccccc1.CCOC.CCOC(=O)/C=C/C1CC1.CCOC(=O)CCC1CC1.CN(c1c[c-]ccc1F)[Si](C)(C)C.CON(C)C(=O)CCC1CC1.C[CH-]C.Cl.Nc1cc(C(=O)CCC2CC2)ccc1F.O=CC1CC1.[B].[Cl-].[H-].[H-].[Mg+2].[Mg+2].[Na+]. The third-order valence-corrected chi connectivity index (χ3v) is 21.9. The van der Waals surface area contributed by atoms with Crippen molar-refractivity contribution in [3.05, 3.63) is 169 Å². The Morgan fingerprint density at radius 2 is 1.10 bits per heavy atom. The van der Waals surface area contributed by atoms with E-state index in [9.17, 15) is 37.5 Å². The maximum atomic E-state index is 13.3. The molecular formula is C79H118BBrCl2F2Mg2N3NaO10PSi. The maximum Gasteiger partial charge on any atom is 2.00 e. The van der Waals surface area contributed by atoms with Crippen molar-refractivity contribution >= 4 is 168 Å². The third kappa shape index (κ3) is 51.0. The van der Waals surface area contributed by atoms with Gasteiger partial charge in [0.2, 0.25) is 5.91 Å². The van der Waals surface area contributed by atoms with Crippen LogP contribution in [0.15, 0.2) is 140 Å². The van der Waals surface area contributed by atoms with Gasteiger partial charge in [0, 0.05) is 78.2 Å². The van der Waals surface area contributed by atoms with Crippen molar-refractivity contribution in [1.29, 1.82) is 0 Å². The van der Waals surface area contributed by atoms with E-state index >= 15 is 0 Å². The Morgan fingerprint density at radius 3 is 1.45 bits per heavy atom. The summed E-state index contributed by atoms with van der Waals surface area (Å²) in [5, 5.41) is 4.95. The Kier molecular flexibility index (Phi) is 69.6. The Labute approximate surface area is 701 Å². The summed E-state index contributed by atoms with van der Waals surface area (Å²) in [5.74, 6) is 5.04. The molecule has 0 spiro atoms. The molecule has 0 heterocycles. The number of hydrogen-bond acceptors (Lipinski definition) is 12. The van der Waals surface area contributed by atoms with Crippen molar-refractivity contribution in [2.45, 2.75) is 177 Å². The number of hydrogen-bond donors (Lipinski definition) is 1. The average molecular weight is 1600 g/mol. The average Bonchev–Trinajstić information content (AvgIpc) is 1.35. The standard InChI is InChI=1S/C23H23OP.C12H14FNO.C10H15FNSi.C8H15NO2.C8H14O2.C8H12O2.C4H6O.C3H8O.C3H7.B.BrH.2ClH.2Mg.Na.2H/c1-2-12-20(24)19-25(21-13-6-3-7-14-21,22-15-8-4-9-16-22)23-17-10-5-11-18-23;13-10-5-4-9(7-11(10)14)12(15)6-3-8-1-2-8;1-12(13(2,3)4)10-8-6-5-7-9(10)11;1-9(11-2)8(10)6-5-7-3-4-7;2*1-2-10-8(9)6-5-7-3-4-7;5-3-4-1-2-4;1-3-4-2;1-3-2;;;;;;;;;/h3-11,13-19H,2,12H2,1H3;4-5,7-8H,1-3,6,14H2;5,7-8H,1-4H3;7H,3-6H2,1-2H3;7H,2-6H2,1H3;5-7H,2-4H2,1H3;3-4H,1-2H2;3H2,1-2H3;3H,1-2H3;;3*1H;;;;;/q;;-1;;;;;;-1;;;;;2*+2;+1;2*-1/p-1/b;;;;;6-5+;;;;;;;;;;;;. The number of methoxy groups -OCH3 is 1. The van der Waals surface area contributed by atoms with Gasteiger partial charge in [0.1, 0.15) is 20.3 Å². The number of halogens is 5. The minimum atomic E-state index is -2.11. The fourth-order valence-electron chi connectivity index (χ4n) is 8.69. The van der Waals surface area contributed by atoms with Gasteiger partial charge in [-0.05, 0) is 155 Å². The van der Waals surface area contributed by atoms with Crippen molar-refractivity contribution in [2.24, 2.45) is 29.6 Å². The van der Waals surface area contributed by atoms with Crippen LogP contribution in [0.3, 0.4) is 0 Å². The summed E-state index contributed by atoms with van der Waals surface area (Å²) in [6.45, 7) is 17.9. The molecule has 0 atom stereocenters. The second-order valence-corrected chi connectivity index (χ2v) is 33.5. The van der Waals surface area contributed by atoms with E-state index in [1.54, 1.807) is 26.3 Å². The topological polar surface area (TPSA) is 172 Å². The van der Waals surface area contributed by atoms with E-state index in [-0.39, 0.29) is 170 Å². The molecular weight excluding hydrogens is 1480 g/mol. The molecule has 0 aliphatic heterocycles. The predicted octanol–water partition coefficient (Wildman–Crippen LogP) is 10.9. The van der Waals surface area contributed by atoms with Crippen molar-refractivity contribution in [3.8, 4) is 0 Å². The molecule has 1 amide bonds. The van der Waals surface area contributed by atoms with Gasteiger partial charge >= 0.3 is 87.6 Å². The summed E-state index contributed by atoms with van der Waals surface area (Å²) in [6.07, 6.45) is 25.3. The van der Waals surface area contributed by atoms with Crippen LogP contribution in [0, 0.1) is 53.7 Å². The number of hydroxylamine groups is 2. The molecule has 2 N–H and O–H groups in total. The Bertz CT molecular complexity index is 3030. The Hall–Kier alpha value is -3.19. The van der Waals surface area contributed by atoms with E-state index < -0.39 is 20.9 Å². The molecule has 5 aromatic rings. The first-order valence-corrected chi connectivity index (χ1v) is 39.7. The van der Waals surface area contributed by atoms with E-state index in [1.807, 2.05) is 82.7 Å². The largest absolute Gasteiger partial charge is 2.00 e. The number of nitrogen functional groups attached to an aromatic ring is 1. The van der Waals surface area contributed by atoms with Gasteiger partial charge in [-0.25, -0.2) is 18.6 Å². The summed E-state index contributed by atoms with van der Waals surface area (Å²) in [6, 6.07) is 43.2. The van der Waals surface area contributed by atoms with Crippen LogP contribution in [0.25, 0.3) is 0 Å². The molecule has 0 unspecified atom stereocenters. The number of amides is 1. The van der Waals surface area contributed by atoms with Crippen LogP contribution in [-0.2, 0) is 43.0 Å². The number of carbonyl (C=O) groups excluding carboxylic acids is 6. The van der Waals surface area contributed by atoms with Crippen LogP contribution in [0.2, 0.25) is 19.6 Å². The number of esters is 2. The zero-order chi connectivity index (χ0) is 71.3. The first-order chi connectivity index (χ1) is 46.0. The Balaban J connectivity index is -0.000000175. The Morgan fingerprint density at radius 1 is 0.660 bits per heavy atom. The summed E-state index contributed by atoms with van der Waals surface area (Å²) in [5.41, 5.74) is 6.62. The molecule has 5 fully saturated rings. The summed E-state index contributed by atoms with van der Waals surface area (Å²) in [4.78, 5) is 71.3. The van der Waals surface area contributed by atoms with E-state index in [2.05, 4.69) is 110 Å². The first-order valence-electron chi connectivity index (χ1n) is 34.4. The molecule has 5 aliphatic rings. The molecule has 3 radical (unpaired) electrons. The number of nitrogens with two attached hydrogens (primary N) is 1. The zero-order valence-electron chi connectivity index (χ0n) is 66.2. The number of rotatable bonds is 25. The molecule has 10 rings (SSSR count). The molecule has 0 bridgehead atoms. The van der Waals surface area contributed by atoms with E-state index in [0.717, 1.165) is 69.2 Å². The number of allylic oxidation sites excluding steroid dienone is 1. The van der Waals surface area contributed by atoms with E-state index in [1.165, 1.54) is 110 Å². The van der Waals surface area contributed by atoms with Gasteiger partial charge in [-0.1, -0.05) is 162 Å². The number of ether oxygens (including phenoxy) is 3. The normalized spacial score (nSPS) is 13.0. The molecule has 5 aliphatic carbocycles. The fraction of sp³-hybridized carbons (Fsp3) is 0.494. The van der Waals surface area contributed by atoms with Gasteiger partial charge in [-0.3, -0.25) is 24.0 Å². The predicted molar refractivity (Wildman–Crippen MR) is 433 cm³/mol. The molecule has 13 nitrogen and oxygen atoms in total. The van der Waals surface area contributed by atoms with Crippen LogP contribution < -0.4 is 68.2 Å². The van der Waals surface area contributed by atoms with Crippen molar-refractivity contribution in [2.75, 3.05) is 58.4 Å². The van der Waals surface area contributed by atoms with Crippen LogP contribution >= 0.6 is 36.3 Å². The monoisotopic (exact) mass is 1600 g/mol. The van der Waals surface area contributed by atoms with Gasteiger partial charge in [0.15, 0.2) is 11.6 Å². The number of aldehydes is 1. The van der Waals surface area contributed by atoms with Crippen LogP contribution in [0.5, 0.6) is 0 Å². The van der Waals surface area contributed by atoms with Gasteiger partial charge in [0.05, 0.1) is 26.0 Å².